The molecule has 3 aliphatic heterocycles. The number of rotatable bonds is 2. The Morgan fingerprint density at radius 2 is 1.90 bits per heavy atom. The zero-order valence-electron chi connectivity index (χ0n) is 11.8. The third kappa shape index (κ3) is 1.35. The molecule has 6 nitrogen and oxygen atoms in total. The Kier molecular flexibility index (Phi) is 2.62. The molecule has 4 atom stereocenters. The lowest BCUT2D eigenvalue weighted by Crippen LogP contribution is -2.73. The van der Waals surface area contributed by atoms with E-state index in [2.05, 4.69) is 0 Å². The van der Waals surface area contributed by atoms with E-state index >= 15 is 0 Å². The van der Waals surface area contributed by atoms with Gasteiger partial charge in [0.15, 0.2) is 23.6 Å². The van der Waals surface area contributed by atoms with Crippen molar-refractivity contribution in [3.63, 3.8) is 0 Å². The van der Waals surface area contributed by atoms with E-state index in [9.17, 15) is 9.59 Å². The fourth-order valence-electron chi connectivity index (χ4n) is 3.17. The fourth-order valence-corrected chi connectivity index (χ4v) is 3.17. The van der Waals surface area contributed by atoms with Gasteiger partial charge < -0.3 is 18.9 Å². The van der Waals surface area contributed by atoms with Gasteiger partial charge in [0.25, 0.3) is 0 Å². The Morgan fingerprint density at radius 3 is 2.50 bits per heavy atom. The summed E-state index contributed by atoms with van der Waals surface area (Å²) in [7, 11) is 2.85. The molecule has 3 rings (SSSR count). The summed E-state index contributed by atoms with van der Waals surface area (Å²) in [4.78, 5) is 24.9. The Morgan fingerprint density at radius 1 is 1.20 bits per heavy atom. The van der Waals surface area contributed by atoms with E-state index in [0.29, 0.717) is 5.76 Å². The maximum absolute atomic E-state index is 12.7. The molecule has 1 fully saturated rings. The summed E-state index contributed by atoms with van der Waals surface area (Å²) >= 11 is 0. The van der Waals surface area contributed by atoms with Gasteiger partial charge in [-0.15, -0.1) is 0 Å². The summed E-state index contributed by atoms with van der Waals surface area (Å²) in [5.41, 5.74) is -2.41. The van der Waals surface area contributed by atoms with Crippen molar-refractivity contribution in [2.45, 2.75) is 37.3 Å². The van der Waals surface area contributed by atoms with Crippen LogP contribution in [0.1, 0.15) is 13.8 Å². The monoisotopic (exact) mass is 280 g/mol. The third-order valence-electron chi connectivity index (χ3n) is 4.18. The van der Waals surface area contributed by atoms with Crippen LogP contribution in [0, 0.1) is 0 Å². The minimum absolute atomic E-state index is 0.166. The second-order valence-corrected chi connectivity index (χ2v) is 5.32. The van der Waals surface area contributed by atoms with Crippen LogP contribution in [0.3, 0.4) is 0 Å². The highest BCUT2D eigenvalue weighted by atomic mass is 16.6. The largest absolute Gasteiger partial charge is 0.493 e. The van der Waals surface area contributed by atoms with Gasteiger partial charge in [0.1, 0.15) is 5.60 Å². The number of carbonyl (C=O) groups is 2. The van der Waals surface area contributed by atoms with Crippen LogP contribution in [-0.2, 0) is 28.5 Å². The van der Waals surface area contributed by atoms with Gasteiger partial charge in [-0.25, -0.2) is 0 Å². The molecular weight excluding hydrogens is 264 g/mol. The molecule has 108 valence electrons. The van der Waals surface area contributed by atoms with Gasteiger partial charge in [-0.3, -0.25) is 9.59 Å². The van der Waals surface area contributed by atoms with Crippen LogP contribution in [0.15, 0.2) is 23.7 Å². The van der Waals surface area contributed by atoms with Gasteiger partial charge in [-0.1, -0.05) is 0 Å². The third-order valence-corrected chi connectivity index (χ3v) is 4.18. The summed E-state index contributed by atoms with van der Waals surface area (Å²) in [6.45, 7) is 3.43. The average molecular weight is 280 g/mol. The number of Topliss-reactive ketones (excluding diaryl/α,β-unsaturated/α-hetero) is 2. The number of allylic oxidation sites excluding steroid dienone is 1. The molecule has 3 heterocycles. The lowest BCUT2D eigenvalue weighted by atomic mass is 9.70. The maximum atomic E-state index is 12.7. The van der Waals surface area contributed by atoms with Gasteiger partial charge in [-0.05, 0) is 26.0 Å². The van der Waals surface area contributed by atoms with E-state index in [1.54, 1.807) is 19.9 Å². The van der Waals surface area contributed by atoms with Crippen molar-refractivity contribution >= 4 is 11.6 Å². The number of hydrogen-bond acceptors (Lipinski definition) is 6. The molecule has 0 unspecified atom stereocenters. The first kappa shape index (κ1) is 13.3. The summed E-state index contributed by atoms with van der Waals surface area (Å²) in [6, 6.07) is 0. The quantitative estimate of drug-likeness (QED) is 0.734. The van der Waals surface area contributed by atoms with Crippen molar-refractivity contribution in [2.24, 2.45) is 0 Å². The molecule has 0 aliphatic carbocycles. The Balaban J connectivity index is 2.27. The van der Waals surface area contributed by atoms with E-state index < -0.39 is 23.4 Å². The van der Waals surface area contributed by atoms with Crippen molar-refractivity contribution in [2.75, 3.05) is 14.2 Å². The zero-order valence-corrected chi connectivity index (χ0v) is 11.8. The van der Waals surface area contributed by atoms with Crippen LogP contribution < -0.4 is 0 Å². The molecule has 0 aromatic carbocycles. The van der Waals surface area contributed by atoms with E-state index in [4.69, 9.17) is 18.9 Å². The summed E-state index contributed by atoms with van der Waals surface area (Å²) in [6.07, 6.45) is 1.11. The molecule has 4 bridgehead atoms. The van der Waals surface area contributed by atoms with E-state index in [-0.39, 0.29) is 17.3 Å². The van der Waals surface area contributed by atoms with Crippen LogP contribution in [-0.4, -0.2) is 49.2 Å². The number of ketones is 2. The molecule has 0 spiro atoms. The molecule has 0 aromatic heterocycles. The standard InChI is InChI=1S/C14H16O6/c1-7-5-14(18-4)12(16)11(19-7)10-9(15)8(17-3)6-13(14,2)20-10/h5-6,10-11H,1-4H3/t10-,11-,13+,14+/m1/s1. The van der Waals surface area contributed by atoms with E-state index in [1.165, 1.54) is 20.3 Å². The predicted octanol–water partition coefficient (Wildman–Crippen LogP) is 0.514. The van der Waals surface area contributed by atoms with Gasteiger partial charge in [0, 0.05) is 7.11 Å². The van der Waals surface area contributed by atoms with Crippen molar-refractivity contribution < 1.29 is 28.5 Å². The molecule has 1 saturated heterocycles. The van der Waals surface area contributed by atoms with Crippen LogP contribution in [0.25, 0.3) is 0 Å². The normalized spacial score (nSPS) is 42.6. The molecule has 0 aromatic rings. The molecule has 0 amide bonds. The van der Waals surface area contributed by atoms with Gasteiger partial charge in [0.2, 0.25) is 11.6 Å². The van der Waals surface area contributed by atoms with Crippen molar-refractivity contribution in [1.82, 2.24) is 0 Å². The first-order chi connectivity index (χ1) is 9.38. The van der Waals surface area contributed by atoms with Crippen LogP contribution >= 0.6 is 0 Å². The second kappa shape index (κ2) is 3.93. The lowest BCUT2D eigenvalue weighted by molar-refractivity contribution is -0.235. The molecule has 3 aliphatic rings. The first-order valence-corrected chi connectivity index (χ1v) is 6.33. The van der Waals surface area contributed by atoms with Crippen molar-refractivity contribution in [3.05, 3.63) is 23.7 Å². The Bertz CT molecular complexity index is 562. The Labute approximate surface area is 116 Å². The smallest absolute Gasteiger partial charge is 0.230 e. The summed E-state index contributed by atoms with van der Waals surface area (Å²) < 4.78 is 21.9. The van der Waals surface area contributed by atoms with E-state index in [0.717, 1.165) is 0 Å². The predicted molar refractivity (Wildman–Crippen MR) is 66.8 cm³/mol. The van der Waals surface area contributed by atoms with Gasteiger partial charge >= 0.3 is 0 Å². The number of methoxy groups -OCH3 is 2. The topological polar surface area (TPSA) is 71.1 Å². The number of carbonyl (C=O) groups excluding carboxylic acids is 2. The van der Waals surface area contributed by atoms with Crippen molar-refractivity contribution in [3.8, 4) is 0 Å². The fraction of sp³-hybridized carbons (Fsp3) is 0.571. The van der Waals surface area contributed by atoms with Crippen LogP contribution in [0.5, 0.6) is 0 Å². The lowest BCUT2D eigenvalue weighted by Gasteiger charge is -2.54. The highest BCUT2D eigenvalue weighted by molar-refractivity contribution is 6.08. The minimum Gasteiger partial charge on any atom is -0.493 e. The molecule has 0 radical (unpaired) electrons. The molecule has 0 N–H and O–H groups in total. The van der Waals surface area contributed by atoms with Gasteiger partial charge in [-0.2, -0.15) is 0 Å². The SMILES string of the molecule is COC1=C[C@]2(C)O[C@H](C1=O)[C@H]1OC(C)=C[C@]2(OC)C1=O. The van der Waals surface area contributed by atoms with Crippen LogP contribution in [0.2, 0.25) is 0 Å². The number of ether oxygens (including phenoxy) is 4. The number of hydrogen-bond donors (Lipinski definition) is 0. The molecular formula is C14H16O6. The van der Waals surface area contributed by atoms with E-state index in [1.807, 2.05) is 0 Å². The number of fused-ring (bicyclic) bond motifs is 6. The highest BCUT2D eigenvalue weighted by Crippen LogP contribution is 2.47. The van der Waals surface area contributed by atoms with Crippen LogP contribution in [0.4, 0.5) is 0 Å². The minimum atomic E-state index is -1.30. The molecule has 20 heavy (non-hydrogen) atoms. The maximum Gasteiger partial charge on any atom is 0.230 e. The first-order valence-electron chi connectivity index (χ1n) is 6.33. The zero-order chi connectivity index (χ0) is 14.7. The molecule has 6 heteroatoms. The second-order valence-electron chi connectivity index (χ2n) is 5.32. The highest BCUT2D eigenvalue weighted by Gasteiger charge is 2.67. The Hall–Kier alpha value is -1.66. The molecule has 0 saturated carbocycles. The summed E-state index contributed by atoms with van der Waals surface area (Å²) in [5, 5.41) is 0. The van der Waals surface area contributed by atoms with Gasteiger partial charge in [0.05, 0.1) is 12.9 Å². The average Bonchev–Trinajstić information content (AvgIpc) is 2.42. The summed E-state index contributed by atoms with van der Waals surface area (Å²) in [5.74, 6) is 0.0177. The van der Waals surface area contributed by atoms with Crippen molar-refractivity contribution in [1.29, 1.82) is 0 Å².